The van der Waals surface area contributed by atoms with Crippen molar-refractivity contribution in [3.05, 3.63) is 29.8 Å². The molecule has 0 spiro atoms. The summed E-state index contributed by atoms with van der Waals surface area (Å²) in [6.07, 6.45) is 1.01. The topological polar surface area (TPSA) is 49.5 Å². The predicted octanol–water partition coefficient (Wildman–Crippen LogP) is 1.32. The Hall–Kier alpha value is -1.06. The Bertz CT molecular complexity index is 354. The van der Waals surface area contributed by atoms with Crippen molar-refractivity contribution in [2.45, 2.75) is 25.3 Å². The van der Waals surface area contributed by atoms with E-state index in [4.69, 9.17) is 5.73 Å². The van der Waals surface area contributed by atoms with Gasteiger partial charge in [-0.05, 0) is 25.0 Å². The number of nitrogens with two attached hydrogens (primary N) is 1. The second-order valence-electron chi connectivity index (χ2n) is 4.51. The van der Waals surface area contributed by atoms with Crippen LogP contribution in [0.4, 0.5) is 5.69 Å². The van der Waals surface area contributed by atoms with Crippen LogP contribution in [-0.2, 0) is 0 Å². The second-order valence-corrected chi connectivity index (χ2v) is 4.51. The molecule has 1 aliphatic heterocycles. The lowest BCUT2D eigenvalue weighted by Gasteiger charge is -2.38. The Kier molecular flexibility index (Phi) is 3.46. The summed E-state index contributed by atoms with van der Waals surface area (Å²) in [5.74, 6) is 0.289. The molecule has 3 heteroatoms. The Morgan fingerprint density at radius 2 is 2.25 bits per heavy atom. The number of aliphatic hydroxyl groups is 1. The number of anilines is 1. The quantitative estimate of drug-likeness (QED) is 0.807. The summed E-state index contributed by atoms with van der Waals surface area (Å²) in [5.41, 5.74) is 8.24. The van der Waals surface area contributed by atoms with Crippen molar-refractivity contribution in [2.75, 3.05) is 24.6 Å². The SMILES string of the molecule is C[C@H](CN)N1CC[C@H](CO)c2ccccc21. The van der Waals surface area contributed by atoms with Crippen LogP contribution in [0.15, 0.2) is 24.3 Å². The molecule has 0 fully saturated rings. The third-order valence-electron chi connectivity index (χ3n) is 3.50. The van der Waals surface area contributed by atoms with Crippen molar-refractivity contribution in [3.63, 3.8) is 0 Å². The highest BCUT2D eigenvalue weighted by molar-refractivity contribution is 5.57. The molecule has 0 unspecified atom stereocenters. The van der Waals surface area contributed by atoms with E-state index in [1.807, 2.05) is 6.07 Å². The maximum atomic E-state index is 9.38. The van der Waals surface area contributed by atoms with E-state index >= 15 is 0 Å². The monoisotopic (exact) mass is 220 g/mol. The Labute approximate surface area is 96.9 Å². The van der Waals surface area contributed by atoms with Gasteiger partial charge in [0.1, 0.15) is 0 Å². The highest BCUT2D eigenvalue weighted by atomic mass is 16.3. The fourth-order valence-electron chi connectivity index (χ4n) is 2.44. The Morgan fingerprint density at radius 1 is 1.50 bits per heavy atom. The lowest BCUT2D eigenvalue weighted by atomic mass is 9.90. The first-order valence-corrected chi connectivity index (χ1v) is 5.94. The molecular weight excluding hydrogens is 200 g/mol. The molecule has 0 amide bonds. The van der Waals surface area contributed by atoms with Gasteiger partial charge in [-0.25, -0.2) is 0 Å². The standard InChI is InChI=1S/C13H20N2O/c1-10(8-14)15-7-6-11(9-16)12-4-2-3-5-13(12)15/h2-5,10-11,16H,6-9,14H2,1H3/t10-,11-/m1/s1. The van der Waals surface area contributed by atoms with Crippen molar-refractivity contribution in [2.24, 2.45) is 5.73 Å². The summed E-state index contributed by atoms with van der Waals surface area (Å²) in [4.78, 5) is 2.35. The van der Waals surface area contributed by atoms with Crippen LogP contribution >= 0.6 is 0 Å². The molecule has 2 rings (SSSR count). The summed E-state index contributed by atoms with van der Waals surface area (Å²) in [6.45, 7) is 4.04. The molecule has 1 aromatic rings. The van der Waals surface area contributed by atoms with Gasteiger partial charge in [-0.15, -0.1) is 0 Å². The number of rotatable bonds is 3. The minimum Gasteiger partial charge on any atom is -0.396 e. The number of benzene rings is 1. The minimum atomic E-state index is 0.238. The van der Waals surface area contributed by atoms with E-state index in [0.717, 1.165) is 13.0 Å². The average molecular weight is 220 g/mol. The highest BCUT2D eigenvalue weighted by Crippen LogP contribution is 2.35. The van der Waals surface area contributed by atoms with Crippen molar-refractivity contribution in [1.82, 2.24) is 0 Å². The van der Waals surface area contributed by atoms with E-state index < -0.39 is 0 Å². The predicted molar refractivity (Wildman–Crippen MR) is 66.7 cm³/mol. The number of fused-ring (bicyclic) bond motifs is 1. The maximum absolute atomic E-state index is 9.38. The largest absolute Gasteiger partial charge is 0.396 e. The number of nitrogens with zero attached hydrogens (tertiary/aromatic N) is 1. The normalized spacial score (nSPS) is 21.7. The molecule has 3 nitrogen and oxygen atoms in total. The van der Waals surface area contributed by atoms with Gasteiger partial charge in [-0.2, -0.15) is 0 Å². The first-order chi connectivity index (χ1) is 7.77. The fourth-order valence-corrected chi connectivity index (χ4v) is 2.44. The third kappa shape index (κ3) is 1.93. The Morgan fingerprint density at radius 3 is 2.94 bits per heavy atom. The minimum absolute atomic E-state index is 0.238. The van der Waals surface area contributed by atoms with E-state index in [9.17, 15) is 5.11 Å². The van der Waals surface area contributed by atoms with E-state index in [1.54, 1.807) is 0 Å². The van der Waals surface area contributed by atoms with Gasteiger partial charge in [0.05, 0.1) is 6.61 Å². The lowest BCUT2D eigenvalue weighted by molar-refractivity contribution is 0.256. The van der Waals surface area contributed by atoms with Crippen LogP contribution in [-0.4, -0.2) is 30.8 Å². The van der Waals surface area contributed by atoms with Crippen LogP contribution < -0.4 is 10.6 Å². The molecule has 16 heavy (non-hydrogen) atoms. The van der Waals surface area contributed by atoms with E-state index in [2.05, 4.69) is 30.0 Å². The molecule has 3 N–H and O–H groups in total. The zero-order valence-electron chi connectivity index (χ0n) is 9.76. The van der Waals surface area contributed by atoms with E-state index in [0.29, 0.717) is 12.6 Å². The van der Waals surface area contributed by atoms with Gasteiger partial charge in [-0.3, -0.25) is 0 Å². The first-order valence-electron chi connectivity index (χ1n) is 5.94. The third-order valence-corrected chi connectivity index (χ3v) is 3.50. The first kappa shape index (κ1) is 11.4. The van der Waals surface area contributed by atoms with Crippen molar-refractivity contribution >= 4 is 5.69 Å². The molecule has 0 aliphatic carbocycles. The van der Waals surface area contributed by atoms with Gasteiger partial charge >= 0.3 is 0 Å². The number of hydrogen-bond donors (Lipinski definition) is 2. The molecule has 1 heterocycles. The maximum Gasteiger partial charge on any atom is 0.0501 e. The summed E-state index contributed by atoms with van der Waals surface area (Å²) in [7, 11) is 0. The van der Waals surface area contributed by atoms with Crippen LogP contribution in [0.1, 0.15) is 24.8 Å². The van der Waals surface area contributed by atoms with Crippen LogP contribution in [0.2, 0.25) is 0 Å². The molecule has 0 saturated heterocycles. The number of hydrogen-bond acceptors (Lipinski definition) is 3. The second kappa shape index (κ2) is 4.85. The van der Waals surface area contributed by atoms with Gasteiger partial charge in [0, 0.05) is 30.7 Å². The van der Waals surface area contributed by atoms with E-state index in [1.165, 1.54) is 11.3 Å². The Balaban J connectivity index is 2.35. The van der Waals surface area contributed by atoms with Gasteiger partial charge < -0.3 is 15.7 Å². The molecule has 0 saturated carbocycles. The zero-order chi connectivity index (χ0) is 11.5. The van der Waals surface area contributed by atoms with Crippen LogP contribution in [0, 0.1) is 0 Å². The van der Waals surface area contributed by atoms with Crippen LogP contribution in [0.3, 0.4) is 0 Å². The van der Waals surface area contributed by atoms with E-state index in [-0.39, 0.29) is 12.5 Å². The fraction of sp³-hybridized carbons (Fsp3) is 0.538. The van der Waals surface area contributed by atoms with Crippen LogP contribution in [0.25, 0.3) is 0 Å². The molecule has 88 valence electrons. The molecule has 0 bridgehead atoms. The van der Waals surface area contributed by atoms with Gasteiger partial charge in [0.15, 0.2) is 0 Å². The number of aliphatic hydroxyl groups excluding tert-OH is 1. The average Bonchev–Trinajstić information content (AvgIpc) is 2.36. The highest BCUT2D eigenvalue weighted by Gasteiger charge is 2.26. The smallest absolute Gasteiger partial charge is 0.0501 e. The van der Waals surface area contributed by atoms with Crippen molar-refractivity contribution in [1.29, 1.82) is 0 Å². The molecule has 1 aliphatic rings. The summed E-state index contributed by atoms with van der Waals surface area (Å²) >= 11 is 0. The summed E-state index contributed by atoms with van der Waals surface area (Å²) in [5, 5.41) is 9.38. The molecule has 0 aromatic heterocycles. The summed E-state index contributed by atoms with van der Waals surface area (Å²) < 4.78 is 0. The van der Waals surface area contributed by atoms with Gasteiger partial charge in [-0.1, -0.05) is 18.2 Å². The zero-order valence-corrected chi connectivity index (χ0v) is 9.76. The van der Waals surface area contributed by atoms with Crippen molar-refractivity contribution < 1.29 is 5.11 Å². The molecule has 1 aromatic carbocycles. The molecule has 0 radical (unpaired) electrons. The molecular formula is C13H20N2O. The number of para-hydroxylation sites is 1. The van der Waals surface area contributed by atoms with Gasteiger partial charge in [0.2, 0.25) is 0 Å². The van der Waals surface area contributed by atoms with Crippen molar-refractivity contribution in [3.8, 4) is 0 Å². The lowest BCUT2D eigenvalue weighted by Crippen LogP contribution is -2.42. The van der Waals surface area contributed by atoms with Gasteiger partial charge in [0.25, 0.3) is 0 Å². The molecule has 2 atom stereocenters. The van der Waals surface area contributed by atoms with Crippen LogP contribution in [0.5, 0.6) is 0 Å². The summed E-state index contributed by atoms with van der Waals surface area (Å²) in [6, 6.07) is 8.70.